The standard InChI is InChI=1S/C18H22N4O2S/c1-17(2,3)16-22-21-13(25-16)9-19-14(23)10-6-7-11-12(8-10)20-15(24)18(11,4)5/h6-8H,9H2,1-5H3,(H,19,23)(H,20,24). The van der Waals surface area contributed by atoms with Gasteiger partial charge in [-0.15, -0.1) is 10.2 Å². The molecule has 0 saturated carbocycles. The maximum Gasteiger partial charge on any atom is 0.251 e. The molecule has 0 radical (unpaired) electrons. The number of nitrogens with zero attached hydrogens (tertiary/aromatic N) is 2. The quantitative estimate of drug-likeness (QED) is 0.883. The van der Waals surface area contributed by atoms with Crippen LogP contribution < -0.4 is 10.6 Å². The van der Waals surface area contributed by atoms with Gasteiger partial charge in [-0.05, 0) is 31.5 Å². The first-order valence-electron chi connectivity index (χ1n) is 8.16. The number of benzene rings is 1. The molecule has 0 fully saturated rings. The Bertz CT molecular complexity index is 849. The van der Waals surface area contributed by atoms with Gasteiger partial charge in [0, 0.05) is 16.7 Å². The Morgan fingerprint density at radius 1 is 1.28 bits per heavy atom. The van der Waals surface area contributed by atoms with E-state index >= 15 is 0 Å². The summed E-state index contributed by atoms with van der Waals surface area (Å²) in [5.41, 5.74) is 1.50. The Kier molecular flexibility index (Phi) is 4.15. The molecule has 1 aliphatic rings. The van der Waals surface area contributed by atoms with Crippen molar-refractivity contribution in [2.24, 2.45) is 0 Å². The van der Waals surface area contributed by atoms with E-state index < -0.39 is 5.41 Å². The molecule has 2 amide bonds. The number of hydrogen-bond acceptors (Lipinski definition) is 5. The van der Waals surface area contributed by atoms with Crippen molar-refractivity contribution in [3.8, 4) is 0 Å². The molecule has 2 aromatic rings. The SMILES string of the molecule is CC(C)(C)c1nnc(CNC(=O)c2ccc3c(c2)NC(=O)C3(C)C)s1. The highest BCUT2D eigenvalue weighted by Crippen LogP contribution is 2.37. The molecule has 6 nitrogen and oxygen atoms in total. The molecule has 1 aliphatic heterocycles. The predicted octanol–water partition coefficient (Wildman–Crippen LogP) is 3.00. The van der Waals surface area contributed by atoms with E-state index in [-0.39, 0.29) is 17.2 Å². The lowest BCUT2D eigenvalue weighted by Gasteiger charge is -2.14. The lowest BCUT2D eigenvalue weighted by atomic mass is 9.86. The van der Waals surface area contributed by atoms with Crippen LogP contribution in [0.2, 0.25) is 0 Å². The van der Waals surface area contributed by atoms with Crippen molar-refractivity contribution in [2.45, 2.75) is 52.0 Å². The van der Waals surface area contributed by atoms with Crippen LogP contribution in [0.25, 0.3) is 0 Å². The molecule has 0 aliphatic carbocycles. The molecule has 2 N–H and O–H groups in total. The van der Waals surface area contributed by atoms with Crippen LogP contribution in [-0.2, 0) is 22.2 Å². The fourth-order valence-corrected chi connectivity index (χ4v) is 3.46. The number of carbonyl (C=O) groups is 2. The number of amides is 2. The second-order valence-corrected chi connectivity index (χ2v) is 8.84. The summed E-state index contributed by atoms with van der Waals surface area (Å²) in [5, 5.41) is 15.7. The van der Waals surface area contributed by atoms with Gasteiger partial charge in [0.15, 0.2) is 0 Å². The van der Waals surface area contributed by atoms with Crippen molar-refractivity contribution in [1.82, 2.24) is 15.5 Å². The van der Waals surface area contributed by atoms with Crippen LogP contribution in [0, 0.1) is 0 Å². The average Bonchev–Trinajstić information content (AvgIpc) is 3.08. The highest BCUT2D eigenvalue weighted by molar-refractivity contribution is 7.11. The normalized spacial score (nSPS) is 15.6. The lowest BCUT2D eigenvalue weighted by molar-refractivity contribution is -0.119. The Hall–Kier alpha value is -2.28. The molecule has 0 spiro atoms. The van der Waals surface area contributed by atoms with E-state index in [1.807, 2.05) is 19.9 Å². The van der Waals surface area contributed by atoms with Crippen LogP contribution in [0.4, 0.5) is 5.69 Å². The van der Waals surface area contributed by atoms with E-state index in [4.69, 9.17) is 0 Å². The van der Waals surface area contributed by atoms with Gasteiger partial charge in [0.05, 0.1) is 12.0 Å². The molecule has 7 heteroatoms. The third-order valence-corrected chi connectivity index (χ3v) is 5.63. The Morgan fingerprint density at radius 2 is 2.00 bits per heavy atom. The zero-order valence-electron chi connectivity index (χ0n) is 15.1. The molecule has 1 aromatic heterocycles. The first-order valence-corrected chi connectivity index (χ1v) is 8.98. The molecule has 132 valence electrons. The summed E-state index contributed by atoms with van der Waals surface area (Å²) in [4.78, 5) is 24.4. The van der Waals surface area contributed by atoms with Crippen LogP contribution in [0.5, 0.6) is 0 Å². The molecule has 0 bridgehead atoms. The van der Waals surface area contributed by atoms with Crippen LogP contribution in [-0.4, -0.2) is 22.0 Å². The fourth-order valence-electron chi connectivity index (χ4n) is 2.62. The molecule has 3 rings (SSSR count). The number of fused-ring (bicyclic) bond motifs is 1. The van der Waals surface area contributed by atoms with Gasteiger partial charge < -0.3 is 10.6 Å². The Balaban J connectivity index is 1.70. The molecule has 1 aromatic carbocycles. The maximum absolute atomic E-state index is 12.4. The first-order chi connectivity index (χ1) is 11.6. The Labute approximate surface area is 151 Å². The highest BCUT2D eigenvalue weighted by Gasteiger charge is 2.38. The van der Waals surface area contributed by atoms with Crippen molar-refractivity contribution < 1.29 is 9.59 Å². The second-order valence-electron chi connectivity index (χ2n) is 7.77. The third kappa shape index (κ3) is 3.28. The van der Waals surface area contributed by atoms with Gasteiger partial charge in [0.25, 0.3) is 5.91 Å². The van der Waals surface area contributed by atoms with E-state index in [0.29, 0.717) is 17.8 Å². The zero-order valence-corrected chi connectivity index (χ0v) is 15.9. The maximum atomic E-state index is 12.4. The van der Waals surface area contributed by atoms with Crippen molar-refractivity contribution in [1.29, 1.82) is 0 Å². The molecule has 0 atom stereocenters. The lowest BCUT2D eigenvalue weighted by Crippen LogP contribution is -2.26. The summed E-state index contributed by atoms with van der Waals surface area (Å²) in [6.07, 6.45) is 0. The topological polar surface area (TPSA) is 84.0 Å². The number of rotatable bonds is 3. The van der Waals surface area contributed by atoms with Crippen molar-refractivity contribution in [3.63, 3.8) is 0 Å². The molecule has 0 saturated heterocycles. The summed E-state index contributed by atoms with van der Waals surface area (Å²) in [7, 11) is 0. The zero-order chi connectivity index (χ0) is 18.4. The van der Waals surface area contributed by atoms with Crippen molar-refractivity contribution in [2.75, 3.05) is 5.32 Å². The van der Waals surface area contributed by atoms with E-state index in [0.717, 1.165) is 15.6 Å². The third-order valence-electron chi connectivity index (χ3n) is 4.28. The predicted molar refractivity (Wildman–Crippen MR) is 97.9 cm³/mol. The van der Waals surface area contributed by atoms with Crippen LogP contribution >= 0.6 is 11.3 Å². The molecule has 0 unspecified atom stereocenters. The van der Waals surface area contributed by atoms with Crippen LogP contribution in [0.15, 0.2) is 18.2 Å². The van der Waals surface area contributed by atoms with Gasteiger partial charge in [-0.3, -0.25) is 9.59 Å². The molecule has 2 heterocycles. The van der Waals surface area contributed by atoms with Crippen molar-refractivity contribution in [3.05, 3.63) is 39.3 Å². The Morgan fingerprint density at radius 3 is 2.64 bits per heavy atom. The van der Waals surface area contributed by atoms with E-state index in [9.17, 15) is 9.59 Å². The van der Waals surface area contributed by atoms with Gasteiger partial charge in [0.1, 0.15) is 10.0 Å². The van der Waals surface area contributed by atoms with Gasteiger partial charge in [0.2, 0.25) is 5.91 Å². The number of anilines is 1. The summed E-state index contributed by atoms with van der Waals surface area (Å²) in [6, 6.07) is 5.31. The highest BCUT2D eigenvalue weighted by atomic mass is 32.1. The van der Waals surface area contributed by atoms with Gasteiger partial charge in [-0.2, -0.15) is 0 Å². The van der Waals surface area contributed by atoms with Crippen LogP contribution in [0.1, 0.15) is 60.6 Å². The van der Waals surface area contributed by atoms with E-state index in [1.165, 1.54) is 11.3 Å². The number of nitrogens with one attached hydrogen (secondary N) is 2. The second kappa shape index (κ2) is 5.91. The smallest absolute Gasteiger partial charge is 0.251 e. The van der Waals surface area contributed by atoms with E-state index in [2.05, 4.69) is 41.6 Å². The monoisotopic (exact) mass is 358 g/mol. The van der Waals surface area contributed by atoms with Crippen molar-refractivity contribution >= 4 is 28.8 Å². The molecular formula is C18H22N4O2S. The largest absolute Gasteiger partial charge is 0.345 e. The number of carbonyl (C=O) groups excluding carboxylic acids is 2. The number of aromatic nitrogens is 2. The first kappa shape index (κ1) is 17.5. The minimum Gasteiger partial charge on any atom is -0.345 e. The summed E-state index contributed by atoms with van der Waals surface area (Å²) in [5.74, 6) is -0.252. The fraction of sp³-hybridized carbons (Fsp3) is 0.444. The summed E-state index contributed by atoms with van der Waals surface area (Å²) >= 11 is 1.50. The van der Waals surface area contributed by atoms with Gasteiger partial charge >= 0.3 is 0 Å². The van der Waals surface area contributed by atoms with Crippen LogP contribution in [0.3, 0.4) is 0 Å². The average molecular weight is 358 g/mol. The van der Waals surface area contributed by atoms with Gasteiger partial charge in [-0.25, -0.2) is 0 Å². The molecular weight excluding hydrogens is 336 g/mol. The van der Waals surface area contributed by atoms with E-state index in [1.54, 1.807) is 12.1 Å². The van der Waals surface area contributed by atoms with Gasteiger partial charge in [-0.1, -0.05) is 38.2 Å². The minimum absolute atomic E-state index is 0.0507. The summed E-state index contributed by atoms with van der Waals surface area (Å²) in [6.45, 7) is 10.3. The molecule has 25 heavy (non-hydrogen) atoms. The number of hydrogen-bond donors (Lipinski definition) is 2. The minimum atomic E-state index is -0.569. The summed E-state index contributed by atoms with van der Waals surface area (Å²) < 4.78 is 0.